The number of ether oxygens (including phenoxy) is 1. The van der Waals surface area contributed by atoms with Gasteiger partial charge in [0.15, 0.2) is 6.23 Å². The Morgan fingerprint density at radius 1 is 1.15 bits per heavy atom. The second kappa shape index (κ2) is 10.1. The van der Waals surface area contributed by atoms with Crippen molar-refractivity contribution in [2.24, 2.45) is 0 Å². The third kappa shape index (κ3) is 7.83. The number of hydrogen-bond acceptors (Lipinski definition) is 12. The molecule has 1 aliphatic heterocycles. The molecule has 1 saturated heterocycles. The number of phosphoric ester groups is 1. The monoisotopic (exact) mass is 539 g/mol. The van der Waals surface area contributed by atoms with Gasteiger partial charge < -0.3 is 39.8 Å². The Labute approximate surface area is 184 Å². The second-order valence-corrected chi connectivity index (χ2v) is 11.0. The highest BCUT2D eigenvalue weighted by molar-refractivity contribution is 7.66. The highest BCUT2D eigenvalue weighted by Gasteiger charge is 2.46. The molecular weight excluding hydrogens is 519 g/mol. The topological polar surface area (TPSA) is 273 Å². The van der Waals surface area contributed by atoms with Gasteiger partial charge in [0.25, 0.3) is 0 Å². The smallest absolute Gasteiger partial charge is 0.387 e. The zero-order valence-corrected chi connectivity index (χ0v) is 19.4. The van der Waals surface area contributed by atoms with E-state index < -0.39 is 66.2 Å². The average molecular weight is 539 g/mol. The molecule has 0 bridgehead atoms. The summed E-state index contributed by atoms with van der Waals surface area (Å²) in [4.78, 5) is 62.6. The molecule has 1 amide bonds. The number of carbonyl (C=O) groups is 1. The molecule has 18 nitrogen and oxygen atoms in total. The summed E-state index contributed by atoms with van der Waals surface area (Å²) in [6.45, 7) is 1.61. The van der Waals surface area contributed by atoms with Gasteiger partial charge in [-0.2, -0.15) is 13.6 Å². The number of anilines is 1. The summed E-state index contributed by atoms with van der Waals surface area (Å²) in [5, 5.41) is 22.6. The van der Waals surface area contributed by atoms with Crippen LogP contribution in [-0.2, 0) is 36.4 Å². The van der Waals surface area contributed by atoms with Gasteiger partial charge in [0.2, 0.25) is 5.91 Å². The maximum absolute atomic E-state index is 12.3. The fourth-order valence-electron chi connectivity index (χ4n) is 2.61. The maximum Gasteiger partial charge on any atom is 0.490 e. The Hall–Kier alpha value is -1.36. The molecule has 2 rings (SSSR count). The lowest BCUT2D eigenvalue weighted by Crippen LogP contribution is -2.36. The highest BCUT2D eigenvalue weighted by atomic mass is 31.3. The third-order valence-corrected chi connectivity index (χ3v) is 7.66. The van der Waals surface area contributed by atoms with Crippen molar-refractivity contribution in [2.45, 2.75) is 38.4 Å². The van der Waals surface area contributed by atoms with Gasteiger partial charge in [-0.1, -0.05) is 0 Å². The number of aliphatic hydroxyl groups excluding tert-OH is 2. The van der Waals surface area contributed by atoms with E-state index in [0.717, 1.165) is 10.8 Å². The molecule has 0 radical (unpaired) electrons. The molecule has 21 heteroatoms. The molecule has 7 N–H and O–H groups in total. The summed E-state index contributed by atoms with van der Waals surface area (Å²) in [5.74, 6) is -0.553. The molecule has 1 aromatic heterocycles. The molecule has 0 saturated carbocycles. The maximum atomic E-state index is 12.3. The van der Waals surface area contributed by atoms with Gasteiger partial charge in [0.05, 0.1) is 6.61 Å². The van der Waals surface area contributed by atoms with Gasteiger partial charge in [-0.15, -0.1) is 0 Å². The van der Waals surface area contributed by atoms with Crippen LogP contribution in [0.1, 0.15) is 18.7 Å². The zero-order valence-electron chi connectivity index (χ0n) is 16.7. The fraction of sp³-hybridized carbons (Fsp3) is 0.583. The first-order chi connectivity index (χ1) is 14.9. The fourth-order valence-corrected chi connectivity index (χ4v) is 5.64. The van der Waals surface area contributed by atoms with Crippen molar-refractivity contribution in [2.75, 3.05) is 11.9 Å². The van der Waals surface area contributed by atoms with E-state index in [0.29, 0.717) is 0 Å². The Balaban J connectivity index is 2.12. The van der Waals surface area contributed by atoms with Crippen LogP contribution in [0.15, 0.2) is 11.0 Å². The summed E-state index contributed by atoms with van der Waals surface area (Å²) >= 11 is 0. The first-order valence-corrected chi connectivity index (χ1v) is 13.1. The van der Waals surface area contributed by atoms with Gasteiger partial charge in [-0.3, -0.25) is 13.9 Å². The number of aryl methyl sites for hydroxylation is 1. The lowest BCUT2D eigenvalue weighted by Gasteiger charge is -2.19. The van der Waals surface area contributed by atoms with E-state index in [4.69, 9.17) is 19.4 Å². The molecule has 6 atom stereocenters. The van der Waals surface area contributed by atoms with Crippen molar-refractivity contribution < 1.29 is 66.2 Å². The molecule has 0 aliphatic carbocycles. The number of carbonyl (C=O) groups excluding carboxylic acids is 1. The lowest BCUT2D eigenvalue weighted by atomic mass is 10.1. The first kappa shape index (κ1) is 27.9. The average Bonchev–Trinajstić information content (AvgIpc) is 2.87. The molecule has 188 valence electrons. The Morgan fingerprint density at radius 2 is 1.76 bits per heavy atom. The molecule has 1 fully saturated rings. The van der Waals surface area contributed by atoms with Crippen LogP contribution in [-0.4, -0.2) is 70.2 Å². The quantitative estimate of drug-likeness (QED) is 0.175. The van der Waals surface area contributed by atoms with Gasteiger partial charge >= 0.3 is 29.2 Å². The molecule has 1 aromatic rings. The van der Waals surface area contributed by atoms with Crippen molar-refractivity contribution in [3.05, 3.63) is 22.2 Å². The molecule has 33 heavy (non-hydrogen) atoms. The van der Waals surface area contributed by atoms with Gasteiger partial charge in [0.1, 0.15) is 24.1 Å². The molecule has 0 aromatic carbocycles. The van der Waals surface area contributed by atoms with Crippen LogP contribution in [0.5, 0.6) is 0 Å². The molecule has 1 aliphatic rings. The Morgan fingerprint density at radius 3 is 2.30 bits per heavy atom. The van der Waals surface area contributed by atoms with E-state index in [-0.39, 0.29) is 11.4 Å². The Kier molecular flexibility index (Phi) is 8.53. The summed E-state index contributed by atoms with van der Waals surface area (Å²) in [6.07, 6.45) is -5.56. The SMILES string of the molecule is CC(=O)Nc1nc(=O)n(C2OC(COP(=O)(O)OP(=O)(O)OP(=O)(O)O)C(O)C2O)cc1C. The Bertz CT molecular complexity index is 1100. The highest BCUT2D eigenvalue weighted by Crippen LogP contribution is 2.66. The van der Waals surface area contributed by atoms with Crippen LogP contribution in [0, 0.1) is 6.92 Å². The number of nitrogens with zero attached hydrogens (tertiary/aromatic N) is 2. The normalized spacial score (nSPS) is 27.0. The van der Waals surface area contributed by atoms with Crippen molar-refractivity contribution in [3.63, 3.8) is 0 Å². The van der Waals surface area contributed by atoms with E-state index in [1.165, 1.54) is 13.8 Å². The van der Waals surface area contributed by atoms with Gasteiger partial charge in [-0.05, 0) is 6.92 Å². The van der Waals surface area contributed by atoms with E-state index in [1.807, 2.05) is 0 Å². The number of nitrogens with one attached hydrogen (secondary N) is 1. The van der Waals surface area contributed by atoms with Crippen molar-refractivity contribution in [1.29, 1.82) is 0 Å². The standard InChI is InChI=1S/C12H20N3O15P3/c1-5-3-15(12(19)14-10(5)13-6(2)16)11-9(18)8(17)7(28-11)4-27-32(23,24)30-33(25,26)29-31(20,21)22/h3,7-9,11,17-18H,4H2,1-2H3,(H,23,24)(H,25,26)(H2,20,21,22)(H,13,14,16,19). The number of hydrogen-bond donors (Lipinski definition) is 7. The number of phosphoric acid groups is 3. The van der Waals surface area contributed by atoms with E-state index >= 15 is 0 Å². The van der Waals surface area contributed by atoms with E-state index in [9.17, 15) is 38.4 Å². The largest absolute Gasteiger partial charge is 0.490 e. The first-order valence-electron chi connectivity index (χ1n) is 8.58. The van der Waals surface area contributed by atoms with Crippen LogP contribution in [0.3, 0.4) is 0 Å². The van der Waals surface area contributed by atoms with Gasteiger partial charge in [-0.25, -0.2) is 18.5 Å². The van der Waals surface area contributed by atoms with Crippen LogP contribution >= 0.6 is 23.5 Å². The predicted octanol–water partition coefficient (Wildman–Crippen LogP) is -1.53. The molecular formula is C12H20N3O15P3. The van der Waals surface area contributed by atoms with Gasteiger partial charge in [0, 0.05) is 18.7 Å². The van der Waals surface area contributed by atoms with Crippen LogP contribution in [0.4, 0.5) is 5.82 Å². The minimum absolute atomic E-state index is 0.0546. The predicted molar refractivity (Wildman–Crippen MR) is 103 cm³/mol. The number of rotatable bonds is 9. The third-order valence-electron chi connectivity index (χ3n) is 3.86. The minimum atomic E-state index is -5.75. The number of amides is 1. The van der Waals surface area contributed by atoms with Crippen LogP contribution in [0.2, 0.25) is 0 Å². The minimum Gasteiger partial charge on any atom is -0.387 e. The molecule has 6 unspecified atom stereocenters. The summed E-state index contributed by atoms with van der Waals surface area (Å²) in [6, 6.07) is 0. The van der Waals surface area contributed by atoms with Crippen molar-refractivity contribution in [3.8, 4) is 0 Å². The van der Waals surface area contributed by atoms with Crippen LogP contribution in [0.25, 0.3) is 0 Å². The summed E-state index contributed by atoms with van der Waals surface area (Å²) < 4.78 is 51.2. The van der Waals surface area contributed by atoms with Crippen molar-refractivity contribution >= 4 is 35.2 Å². The molecule has 0 spiro atoms. The van der Waals surface area contributed by atoms with E-state index in [1.54, 1.807) is 0 Å². The van der Waals surface area contributed by atoms with E-state index in [2.05, 4.69) is 23.4 Å². The summed E-state index contributed by atoms with van der Waals surface area (Å²) in [5.41, 5.74) is -0.707. The number of aliphatic hydroxyl groups is 2. The second-order valence-electron chi connectivity index (χ2n) is 6.58. The zero-order chi connectivity index (χ0) is 25.4. The van der Waals surface area contributed by atoms with Crippen LogP contribution < -0.4 is 11.0 Å². The summed E-state index contributed by atoms with van der Waals surface area (Å²) in [7, 11) is -16.8. The molecule has 2 heterocycles. The number of aromatic nitrogens is 2. The van der Waals surface area contributed by atoms with Crippen molar-refractivity contribution in [1.82, 2.24) is 9.55 Å². The lowest BCUT2D eigenvalue weighted by molar-refractivity contribution is -0.114.